The standard InChI is InChI=1S/C11H19NO/c1-2-11(13)12-8-4-7-10(12)9-5-3-6-9/h9-10H,2-8H2,1H3. The molecule has 0 radical (unpaired) electrons. The number of carbonyl (C=O) groups excluding carboxylic acids is 1. The van der Waals surface area contributed by atoms with E-state index in [0.717, 1.165) is 12.5 Å². The van der Waals surface area contributed by atoms with Gasteiger partial charge in [-0.3, -0.25) is 4.79 Å². The van der Waals surface area contributed by atoms with Crippen molar-refractivity contribution in [2.75, 3.05) is 6.54 Å². The molecule has 1 aliphatic heterocycles. The number of hydrogen-bond donors (Lipinski definition) is 0. The van der Waals surface area contributed by atoms with Gasteiger partial charge in [0.1, 0.15) is 0 Å². The first kappa shape index (κ1) is 9.04. The Morgan fingerprint density at radius 1 is 1.31 bits per heavy atom. The number of nitrogens with zero attached hydrogens (tertiary/aromatic N) is 1. The minimum Gasteiger partial charge on any atom is -0.339 e. The first-order valence-electron chi connectivity index (χ1n) is 5.62. The van der Waals surface area contributed by atoms with E-state index in [9.17, 15) is 4.79 Å². The van der Waals surface area contributed by atoms with Gasteiger partial charge in [-0.2, -0.15) is 0 Å². The number of hydrogen-bond acceptors (Lipinski definition) is 1. The Morgan fingerprint density at radius 2 is 2.08 bits per heavy atom. The lowest BCUT2D eigenvalue weighted by molar-refractivity contribution is -0.133. The second kappa shape index (κ2) is 3.69. The van der Waals surface area contributed by atoms with Crippen LogP contribution in [0.15, 0.2) is 0 Å². The predicted octanol–water partition coefficient (Wildman–Crippen LogP) is 2.19. The van der Waals surface area contributed by atoms with Crippen molar-refractivity contribution in [3.8, 4) is 0 Å². The number of likely N-dealkylation sites (tertiary alicyclic amines) is 1. The first-order valence-corrected chi connectivity index (χ1v) is 5.62. The molecule has 0 aromatic carbocycles. The Labute approximate surface area is 80.3 Å². The summed E-state index contributed by atoms with van der Waals surface area (Å²) in [4.78, 5) is 13.7. The van der Waals surface area contributed by atoms with E-state index in [1.54, 1.807) is 0 Å². The molecule has 2 heteroatoms. The van der Waals surface area contributed by atoms with Crippen LogP contribution in [-0.4, -0.2) is 23.4 Å². The van der Waals surface area contributed by atoms with Gasteiger partial charge in [-0.15, -0.1) is 0 Å². The summed E-state index contributed by atoms with van der Waals surface area (Å²) in [5.41, 5.74) is 0. The molecule has 0 bridgehead atoms. The van der Waals surface area contributed by atoms with E-state index in [4.69, 9.17) is 0 Å². The SMILES string of the molecule is CCC(=O)N1CCCC1C1CCC1. The lowest BCUT2D eigenvalue weighted by Crippen LogP contribution is -2.42. The van der Waals surface area contributed by atoms with Gasteiger partial charge in [0.2, 0.25) is 5.91 Å². The van der Waals surface area contributed by atoms with Crippen molar-refractivity contribution in [1.82, 2.24) is 4.90 Å². The fraction of sp³-hybridized carbons (Fsp3) is 0.909. The van der Waals surface area contributed by atoms with Gasteiger partial charge in [-0.25, -0.2) is 0 Å². The van der Waals surface area contributed by atoms with Crippen LogP contribution in [0.1, 0.15) is 45.4 Å². The van der Waals surface area contributed by atoms with Crippen LogP contribution >= 0.6 is 0 Å². The van der Waals surface area contributed by atoms with Crippen LogP contribution in [-0.2, 0) is 4.79 Å². The van der Waals surface area contributed by atoms with Gasteiger partial charge in [0.05, 0.1) is 0 Å². The predicted molar refractivity (Wildman–Crippen MR) is 52.4 cm³/mol. The maximum Gasteiger partial charge on any atom is 0.222 e. The Morgan fingerprint density at radius 3 is 2.62 bits per heavy atom. The van der Waals surface area contributed by atoms with E-state index in [1.165, 1.54) is 32.1 Å². The molecule has 2 fully saturated rings. The van der Waals surface area contributed by atoms with Crippen molar-refractivity contribution in [2.45, 2.75) is 51.5 Å². The van der Waals surface area contributed by atoms with E-state index < -0.39 is 0 Å². The van der Waals surface area contributed by atoms with Crippen LogP contribution in [0.3, 0.4) is 0 Å². The average Bonchev–Trinajstić information content (AvgIpc) is 2.49. The third kappa shape index (κ3) is 1.59. The third-order valence-electron chi connectivity index (χ3n) is 3.62. The average molecular weight is 181 g/mol. The molecule has 2 rings (SSSR count). The second-order valence-electron chi connectivity index (χ2n) is 4.34. The number of rotatable bonds is 2. The second-order valence-corrected chi connectivity index (χ2v) is 4.34. The topological polar surface area (TPSA) is 20.3 Å². The Bertz CT molecular complexity index is 198. The lowest BCUT2D eigenvalue weighted by atomic mass is 9.79. The van der Waals surface area contributed by atoms with E-state index in [1.807, 2.05) is 6.92 Å². The summed E-state index contributed by atoms with van der Waals surface area (Å²) in [5, 5.41) is 0. The molecule has 1 aliphatic carbocycles. The quantitative estimate of drug-likeness (QED) is 0.639. The summed E-state index contributed by atoms with van der Waals surface area (Å²) < 4.78 is 0. The zero-order chi connectivity index (χ0) is 9.26. The maximum atomic E-state index is 11.6. The Hall–Kier alpha value is -0.530. The Kier molecular flexibility index (Phi) is 2.56. The monoisotopic (exact) mass is 181 g/mol. The molecular weight excluding hydrogens is 162 g/mol. The molecule has 0 aromatic rings. The highest BCUT2D eigenvalue weighted by atomic mass is 16.2. The summed E-state index contributed by atoms with van der Waals surface area (Å²) >= 11 is 0. The van der Waals surface area contributed by atoms with E-state index >= 15 is 0 Å². The maximum absolute atomic E-state index is 11.6. The van der Waals surface area contributed by atoms with Crippen molar-refractivity contribution in [1.29, 1.82) is 0 Å². The minimum absolute atomic E-state index is 0.370. The van der Waals surface area contributed by atoms with Crippen molar-refractivity contribution in [3.63, 3.8) is 0 Å². The van der Waals surface area contributed by atoms with Gasteiger partial charge in [0.25, 0.3) is 0 Å². The highest BCUT2D eigenvalue weighted by molar-refractivity contribution is 5.76. The molecule has 1 atom stereocenters. The molecule has 1 amide bonds. The van der Waals surface area contributed by atoms with Crippen LogP contribution in [0.25, 0.3) is 0 Å². The largest absolute Gasteiger partial charge is 0.339 e. The van der Waals surface area contributed by atoms with Gasteiger partial charge >= 0.3 is 0 Å². The fourth-order valence-corrected chi connectivity index (χ4v) is 2.62. The van der Waals surface area contributed by atoms with Gasteiger partial charge in [-0.05, 0) is 31.6 Å². The summed E-state index contributed by atoms with van der Waals surface area (Å²) in [6.45, 7) is 2.99. The first-order chi connectivity index (χ1) is 6.33. The van der Waals surface area contributed by atoms with Crippen LogP contribution in [0.5, 0.6) is 0 Å². The molecule has 1 saturated carbocycles. The van der Waals surface area contributed by atoms with Crippen LogP contribution in [0.4, 0.5) is 0 Å². The van der Waals surface area contributed by atoms with Gasteiger partial charge < -0.3 is 4.90 Å². The van der Waals surface area contributed by atoms with Gasteiger partial charge in [0.15, 0.2) is 0 Å². The van der Waals surface area contributed by atoms with Gasteiger partial charge in [0, 0.05) is 19.0 Å². The number of amides is 1. The third-order valence-corrected chi connectivity index (χ3v) is 3.62. The van der Waals surface area contributed by atoms with Crippen molar-refractivity contribution >= 4 is 5.91 Å². The fourth-order valence-electron chi connectivity index (χ4n) is 2.62. The van der Waals surface area contributed by atoms with Crippen LogP contribution < -0.4 is 0 Å². The molecule has 1 unspecified atom stereocenters. The van der Waals surface area contributed by atoms with Crippen molar-refractivity contribution < 1.29 is 4.79 Å². The van der Waals surface area contributed by atoms with E-state index in [-0.39, 0.29) is 0 Å². The zero-order valence-electron chi connectivity index (χ0n) is 8.46. The summed E-state index contributed by atoms with van der Waals surface area (Å²) in [6, 6.07) is 0.612. The Balaban J connectivity index is 1.96. The molecule has 0 spiro atoms. The van der Waals surface area contributed by atoms with Crippen molar-refractivity contribution in [2.24, 2.45) is 5.92 Å². The number of carbonyl (C=O) groups is 1. The molecule has 1 heterocycles. The summed E-state index contributed by atoms with van der Waals surface area (Å²) in [6.07, 6.45) is 7.28. The molecule has 13 heavy (non-hydrogen) atoms. The molecular formula is C11H19NO. The van der Waals surface area contributed by atoms with E-state index in [2.05, 4.69) is 4.90 Å². The normalized spacial score (nSPS) is 29.0. The smallest absolute Gasteiger partial charge is 0.222 e. The molecule has 2 nitrogen and oxygen atoms in total. The molecule has 0 aromatic heterocycles. The molecule has 74 valence electrons. The zero-order valence-corrected chi connectivity index (χ0v) is 8.46. The molecule has 1 saturated heterocycles. The summed E-state index contributed by atoms with van der Waals surface area (Å²) in [7, 11) is 0. The van der Waals surface area contributed by atoms with Crippen LogP contribution in [0, 0.1) is 5.92 Å². The van der Waals surface area contributed by atoms with Crippen LogP contribution in [0.2, 0.25) is 0 Å². The highest BCUT2D eigenvalue weighted by Crippen LogP contribution is 2.37. The minimum atomic E-state index is 0.370. The molecule has 2 aliphatic rings. The van der Waals surface area contributed by atoms with E-state index in [0.29, 0.717) is 18.4 Å². The van der Waals surface area contributed by atoms with Crippen molar-refractivity contribution in [3.05, 3.63) is 0 Å². The summed E-state index contributed by atoms with van der Waals surface area (Å²) in [5.74, 6) is 1.22. The lowest BCUT2D eigenvalue weighted by Gasteiger charge is -2.36. The molecule has 0 N–H and O–H groups in total. The van der Waals surface area contributed by atoms with Gasteiger partial charge in [-0.1, -0.05) is 13.3 Å². The highest BCUT2D eigenvalue weighted by Gasteiger charge is 2.36.